The first kappa shape index (κ1) is 14.7. The molecule has 1 amide bonds. The van der Waals surface area contributed by atoms with E-state index in [-0.39, 0.29) is 22.7 Å². The molecule has 0 fully saturated rings. The molecular weight excluding hydrogens is 350 g/mol. The van der Waals surface area contributed by atoms with E-state index in [4.69, 9.17) is 0 Å². The SMILES string of the molecule is CC(C)c1nnsc1C(=O)NC1c2ccccc2CC1Br. The van der Waals surface area contributed by atoms with Crippen LogP contribution in [0.5, 0.6) is 0 Å². The topological polar surface area (TPSA) is 54.9 Å². The molecule has 1 N–H and O–H groups in total. The van der Waals surface area contributed by atoms with Gasteiger partial charge in [0.25, 0.3) is 5.91 Å². The van der Waals surface area contributed by atoms with Crippen LogP contribution in [0.3, 0.4) is 0 Å². The second-order valence-electron chi connectivity index (χ2n) is 5.51. The zero-order valence-corrected chi connectivity index (χ0v) is 14.2. The Labute approximate surface area is 136 Å². The fourth-order valence-electron chi connectivity index (χ4n) is 2.65. The summed E-state index contributed by atoms with van der Waals surface area (Å²) in [5, 5.41) is 7.20. The summed E-state index contributed by atoms with van der Waals surface area (Å²) in [6, 6.07) is 8.24. The average molecular weight is 366 g/mol. The van der Waals surface area contributed by atoms with Crippen LogP contribution in [-0.4, -0.2) is 20.3 Å². The van der Waals surface area contributed by atoms with Crippen molar-refractivity contribution in [1.29, 1.82) is 0 Å². The molecule has 2 unspecified atom stereocenters. The second kappa shape index (κ2) is 5.85. The first-order chi connectivity index (χ1) is 10.1. The largest absolute Gasteiger partial charge is 0.343 e. The fraction of sp³-hybridized carbons (Fsp3) is 0.400. The van der Waals surface area contributed by atoms with Crippen LogP contribution in [0, 0.1) is 0 Å². The number of nitrogens with zero attached hydrogens (tertiary/aromatic N) is 2. The van der Waals surface area contributed by atoms with Gasteiger partial charge in [-0.2, -0.15) is 0 Å². The van der Waals surface area contributed by atoms with Crippen molar-refractivity contribution in [2.45, 2.75) is 37.1 Å². The number of nitrogens with one attached hydrogen (secondary N) is 1. The molecule has 110 valence electrons. The van der Waals surface area contributed by atoms with Crippen LogP contribution >= 0.6 is 27.5 Å². The second-order valence-corrected chi connectivity index (χ2v) is 7.44. The predicted octanol–water partition coefficient (Wildman–Crippen LogP) is 3.45. The van der Waals surface area contributed by atoms with E-state index in [1.165, 1.54) is 11.1 Å². The summed E-state index contributed by atoms with van der Waals surface area (Å²) in [6.45, 7) is 4.04. The lowest BCUT2D eigenvalue weighted by molar-refractivity contribution is 0.0940. The van der Waals surface area contributed by atoms with E-state index >= 15 is 0 Å². The number of alkyl halides is 1. The van der Waals surface area contributed by atoms with Crippen molar-refractivity contribution in [2.75, 3.05) is 0 Å². The summed E-state index contributed by atoms with van der Waals surface area (Å²) in [4.78, 5) is 13.4. The summed E-state index contributed by atoms with van der Waals surface area (Å²) in [5.41, 5.74) is 3.25. The van der Waals surface area contributed by atoms with Crippen LogP contribution in [0.1, 0.15) is 52.3 Å². The number of benzene rings is 1. The van der Waals surface area contributed by atoms with Gasteiger partial charge in [0.1, 0.15) is 4.88 Å². The Morgan fingerprint density at radius 2 is 2.19 bits per heavy atom. The van der Waals surface area contributed by atoms with Crippen LogP contribution in [-0.2, 0) is 6.42 Å². The number of hydrogen-bond donors (Lipinski definition) is 1. The summed E-state index contributed by atoms with van der Waals surface area (Å²) < 4.78 is 3.92. The van der Waals surface area contributed by atoms with E-state index in [2.05, 4.69) is 43.0 Å². The Kier molecular flexibility index (Phi) is 4.08. The molecule has 1 aliphatic carbocycles. The van der Waals surface area contributed by atoms with Crippen LogP contribution < -0.4 is 5.32 Å². The van der Waals surface area contributed by atoms with Crippen LogP contribution in [0.25, 0.3) is 0 Å². The number of aromatic nitrogens is 2. The van der Waals surface area contributed by atoms with Gasteiger partial charge in [0.05, 0.1) is 11.7 Å². The number of carbonyl (C=O) groups excluding carboxylic acids is 1. The molecule has 21 heavy (non-hydrogen) atoms. The minimum Gasteiger partial charge on any atom is -0.343 e. The minimum absolute atomic E-state index is 0.00388. The summed E-state index contributed by atoms with van der Waals surface area (Å²) in [5.74, 6) is 0.111. The van der Waals surface area contributed by atoms with Crippen molar-refractivity contribution >= 4 is 33.4 Å². The number of amides is 1. The van der Waals surface area contributed by atoms with Gasteiger partial charge in [-0.3, -0.25) is 4.79 Å². The van der Waals surface area contributed by atoms with Gasteiger partial charge in [-0.25, -0.2) is 0 Å². The predicted molar refractivity (Wildman–Crippen MR) is 87.1 cm³/mol. The maximum atomic E-state index is 12.5. The first-order valence-electron chi connectivity index (χ1n) is 6.93. The number of fused-ring (bicyclic) bond motifs is 1. The number of rotatable bonds is 3. The molecule has 0 saturated carbocycles. The molecule has 0 saturated heterocycles. The molecule has 4 nitrogen and oxygen atoms in total. The smallest absolute Gasteiger partial charge is 0.265 e. The lowest BCUT2D eigenvalue weighted by atomic mass is 10.1. The van der Waals surface area contributed by atoms with Crippen molar-refractivity contribution in [2.24, 2.45) is 0 Å². The average Bonchev–Trinajstić information content (AvgIpc) is 3.04. The lowest BCUT2D eigenvalue weighted by Crippen LogP contribution is -2.31. The Morgan fingerprint density at radius 1 is 1.43 bits per heavy atom. The first-order valence-corrected chi connectivity index (χ1v) is 8.61. The van der Waals surface area contributed by atoms with E-state index < -0.39 is 0 Å². The van der Waals surface area contributed by atoms with Gasteiger partial charge < -0.3 is 5.32 Å². The Hall–Kier alpha value is -1.27. The third kappa shape index (κ3) is 2.74. The maximum Gasteiger partial charge on any atom is 0.265 e. The quantitative estimate of drug-likeness (QED) is 0.847. The van der Waals surface area contributed by atoms with Gasteiger partial charge in [-0.1, -0.05) is 58.5 Å². The summed E-state index contributed by atoms with van der Waals surface area (Å²) >= 11 is 4.85. The molecule has 1 aromatic heterocycles. The zero-order valence-electron chi connectivity index (χ0n) is 11.8. The molecule has 1 heterocycles. The molecule has 0 bridgehead atoms. The van der Waals surface area contributed by atoms with Crippen LogP contribution in [0.2, 0.25) is 0 Å². The van der Waals surface area contributed by atoms with Gasteiger partial charge in [-0.15, -0.1) is 5.10 Å². The van der Waals surface area contributed by atoms with Crippen molar-refractivity contribution in [3.8, 4) is 0 Å². The third-order valence-electron chi connectivity index (χ3n) is 3.72. The third-order valence-corrected chi connectivity index (χ3v) is 5.31. The number of carbonyl (C=O) groups is 1. The normalized spacial score (nSPS) is 20.6. The van der Waals surface area contributed by atoms with E-state index in [0.717, 1.165) is 23.6 Å². The molecule has 6 heteroatoms. The van der Waals surface area contributed by atoms with Crippen molar-refractivity contribution in [3.63, 3.8) is 0 Å². The highest BCUT2D eigenvalue weighted by Gasteiger charge is 2.32. The van der Waals surface area contributed by atoms with Crippen LogP contribution in [0.15, 0.2) is 24.3 Å². The molecule has 0 radical (unpaired) electrons. The highest BCUT2D eigenvalue weighted by atomic mass is 79.9. The number of halogens is 1. The van der Waals surface area contributed by atoms with Crippen molar-refractivity contribution in [1.82, 2.24) is 14.9 Å². The van der Waals surface area contributed by atoms with Gasteiger partial charge in [0.2, 0.25) is 0 Å². The van der Waals surface area contributed by atoms with Gasteiger partial charge in [-0.05, 0) is 35.0 Å². The summed E-state index contributed by atoms with van der Waals surface area (Å²) in [7, 11) is 0. The lowest BCUT2D eigenvalue weighted by Gasteiger charge is -2.17. The molecule has 3 rings (SSSR count). The molecule has 0 aliphatic heterocycles. The minimum atomic E-state index is -0.0835. The highest BCUT2D eigenvalue weighted by molar-refractivity contribution is 9.09. The van der Waals surface area contributed by atoms with Gasteiger partial charge in [0, 0.05) is 4.83 Å². The fourth-order valence-corrected chi connectivity index (χ4v) is 4.14. The van der Waals surface area contributed by atoms with E-state index in [1.807, 2.05) is 26.0 Å². The Morgan fingerprint density at radius 3 is 2.95 bits per heavy atom. The monoisotopic (exact) mass is 365 g/mol. The van der Waals surface area contributed by atoms with Crippen molar-refractivity contribution in [3.05, 3.63) is 46.0 Å². The molecule has 2 atom stereocenters. The Bertz CT molecular complexity index is 670. The van der Waals surface area contributed by atoms with Gasteiger partial charge in [0.15, 0.2) is 0 Å². The van der Waals surface area contributed by atoms with E-state index in [0.29, 0.717) is 4.88 Å². The van der Waals surface area contributed by atoms with Crippen LogP contribution in [0.4, 0.5) is 0 Å². The maximum absolute atomic E-state index is 12.5. The standard InChI is InChI=1S/C15H16BrN3OS/c1-8(2)12-14(21-19-18-12)15(20)17-13-10-6-4-3-5-9(10)7-11(13)16/h3-6,8,11,13H,7H2,1-2H3,(H,17,20). The van der Waals surface area contributed by atoms with E-state index in [1.54, 1.807) is 0 Å². The molecular formula is C15H16BrN3OS. The Balaban J connectivity index is 1.84. The number of hydrogen-bond acceptors (Lipinski definition) is 4. The highest BCUT2D eigenvalue weighted by Crippen LogP contribution is 2.36. The van der Waals surface area contributed by atoms with Crippen molar-refractivity contribution < 1.29 is 4.79 Å². The molecule has 2 aromatic rings. The van der Waals surface area contributed by atoms with E-state index in [9.17, 15) is 4.79 Å². The molecule has 0 spiro atoms. The zero-order chi connectivity index (χ0) is 15.0. The van der Waals surface area contributed by atoms with Gasteiger partial charge >= 0.3 is 0 Å². The molecule has 1 aromatic carbocycles. The summed E-state index contributed by atoms with van der Waals surface area (Å²) in [6.07, 6.45) is 0.930. The molecule has 1 aliphatic rings.